The number of hydrogen-bond acceptors (Lipinski definition) is 3. The third-order valence-electron chi connectivity index (χ3n) is 2.85. The van der Waals surface area contributed by atoms with Crippen molar-refractivity contribution in [2.75, 3.05) is 0 Å². The van der Waals surface area contributed by atoms with Gasteiger partial charge in [-0.25, -0.2) is 9.82 Å². The van der Waals surface area contributed by atoms with Crippen LogP contribution in [0, 0.1) is 12.7 Å². The van der Waals surface area contributed by atoms with Crippen LogP contribution in [0.3, 0.4) is 0 Å². The van der Waals surface area contributed by atoms with Crippen LogP contribution in [-0.4, -0.2) is 4.98 Å². The Morgan fingerprint density at radius 1 is 1.39 bits per heavy atom. The van der Waals surface area contributed by atoms with Gasteiger partial charge in [-0.05, 0) is 35.7 Å². The summed E-state index contributed by atoms with van der Waals surface area (Å²) in [5.74, 6) is 5.22. The highest BCUT2D eigenvalue weighted by molar-refractivity contribution is 9.10. The SMILES string of the molecule is Cc1c(Br)cccc1C(NN)c1cncc(F)c1. The number of pyridine rings is 1. The smallest absolute Gasteiger partial charge is 0.141 e. The van der Waals surface area contributed by atoms with Gasteiger partial charge in [-0.1, -0.05) is 28.1 Å². The lowest BCUT2D eigenvalue weighted by atomic mass is 9.96. The number of nitrogens with zero attached hydrogens (tertiary/aromatic N) is 1. The molecule has 5 heteroatoms. The topological polar surface area (TPSA) is 50.9 Å². The van der Waals surface area contributed by atoms with Gasteiger partial charge in [0.15, 0.2) is 0 Å². The number of nitrogens with two attached hydrogens (primary N) is 1. The monoisotopic (exact) mass is 309 g/mol. The Kier molecular flexibility index (Phi) is 4.06. The molecule has 3 N–H and O–H groups in total. The summed E-state index contributed by atoms with van der Waals surface area (Å²) >= 11 is 3.47. The lowest BCUT2D eigenvalue weighted by Gasteiger charge is -2.19. The van der Waals surface area contributed by atoms with Crippen molar-refractivity contribution in [1.82, 2.24) is 10.4 Å². The lowest BCUT2D eigenvalue weighted by Crippen LogP contribution is -2.29. The molecule has 1 atom stereocenters. The molecule has 0 spiro atoms. The second kappa shape index (κ2) is 5.56. The zero-order valence-electron chi connectivity index (χ0n) is 9.82. The van der Waals surface area contributed by atoms with Crippen molar-refractivity contribution in [2.24, 2.45) is 5.84 Å². The molecule has 1 aromatic heterocycles. The number of benzene rings is 1. The fourth-order valence-corrected chi connectivity index (χ4v) is 2.27. The second-order valence-corrected chi connectivity index (χ2v) is 4.84. The lowest BCUT2D eigenvalue weighted by molar-refractivity contribution is 0.596. The standard InChI is InChI=1S/C13H13BrFN3/c1-8-11(3-2-4-12(8)14)13(18-16)9-5-10(15)7-17-6-9/h2-7,13,18H,16H2,1H3. The Balaban J connectivity index is 2.49. The van der Waals surface area contributed by atoms with E-state index in [0.29, 0.717) is 5.56 Å². The van der Waals surface area contributed by atoms with Gasteiger partial charge in [0.05, 0.1) is 12.2 Å². The summed E-state index contributed by atoms with van der Waals surface area (Å²) in [4.78, 5) is 3.85. The van der Waals surface area contributed by atoms with Crippen LogP contribution in [0.25, 0.3) is 0 Å². The van der Waals surface area contributed by atoms with Crippen LogP contribution in [0.1, 0.15) is 22.7 Å². The average molecular weight is 310 g/mol. The molecule has 0 saturated carbocycles. The number of rotatable bonds is 3. The van der Waals surface area contributed by atoms with Crippen LogP contribution in [0.2, 0.25) is 0 Å². The van der Waals surface area contributed by atoms with Gasteiger partial charge in [-0.2, -0.15) is 0 Å². The van der Waals surface area contributed by atoms with Gasteiger partial charge in [0.1, 0.15) is 5.82 Å². The van der Waals surface area contributed by atoms with E-state index in [9.17, 15) is 4.39 Å². The van der Waals surface area contributed by atoms with E-state index in [4.69, 9.17) is 5.84 Å². The van der Waals surface area contributed by atoms with Gasteiger partial charge in [0.25, 0.3) is 0 Å². The Labute approximate surface area is 113 Å². The fourth-order valence-electron chi connectivity index (χ4n) is 1.89. The Morgan fingerprint density at radius 2 is 2.17 bits per heavy atom. The highest BCUT2D eigenvalue weighted by Crippen LogP contribution is 2.28. The van der Waals surface area contributed by atoms with Crippen molar-refractivity contribution < 1.29 is 4.39 Å². The molecule has 1 heterocycles. The summed E-state index contributed by atoms with van der Waals surface area (Å²) in [5.41, 5.74) is 5.44. The number of hydrazine groups is 1. The van der Waals surface area contributed by atoms with Gasteiger partial charge < -0.3 is 0 Å². The molecule has 3 nitrogen and oxygen atoms in total. The number of nitrogens with one attached hydrogen (secondary N) is 1. The molecule has 0 saturated heterocycles. The van der Waals surface area contributed by atoms with E-state index in [-0.39, 0.29) is 11.9 Å². The van der Waals surface area contributed by atoms with Gasteiger partial charge in [-0.15, -0.1) is 0 Å². The molecule has 2 rings (SSSR count). The van der Waals surface area contributed by atoms with Gasteiger partial charge in [0, 0.05) is 10.7 Å². The highest BCUT2D eigenvalue weighted by Gasteiger charge is 2.16. The summed E-state index contributed by atoms with van der Waals surface area (Å²) in [6.07, 6.45) is 2.78. The minimum absolute atomic E-state index is 0.286. The quantitative estimate of drug-likeness (QED) is 0.677. The Morgan fingerprint density at radius 3 is 2.83 bits per heavy atom. The van der Waals surface area contributed by atoms with Gasteiger partial charge in [0.2, 0.25) is 0 Å². The summed E-state index contributed by atoms with van der Waals surface area (Å²) < 4.78 is 14.2. The molecule has 0 bridgehead atoms. The van der Waals surface area contributed by atoms with Crippen molar-refractivity contribution >= 4 is 15.9 Å². The summed E-state index contributed by atoms with van der Waals surface area (Å²) in [6, 6.07) is 6.97. The maximum Gasteiger partial charge on any atom is 0.141 e. The second-order valence-electron chi connectivity index (χ2n) is 3.99. The van der Waals surface area contributed by atoms with E-state index < -0.39 is 0 Å². The van der Waals surface area contributed by atoms with Crippen LogP contribution in [0.15, 0.2) is 41.1 Å². The van der Waals surface area contributed by atoms with E-state index in [2.05, 4.69) is 26.3 Å². The van der Waals surface area contributed by atoms with Crippen LogP contribution in [0.5, 0.6) is 0 Å². The molecule has 0 amide bonds. The molecule has 1 aromatic carbocycles. The van der Waals surface area contributed by atoms with Crippen molar-refractivity contribution in [2.45, 2.75) is 13.0 Å². The third kappa shape index (κ3) is 2.58. The van der Waals surface area contributed by atoms with E-state index in [1.54, 1.807) is 6.20 Å². The van der Waals surface area contributed by atoms with Crippen LogP contribution < -0.4 is 11.3 Å². The van der Waals surface area contributed by atoms with Crippen molar-refractivity contribution in [3.8, 4) is 0 Å². The van der Waals surface area contributed by atoms with E-state index >= 15 is 0 Å². The predicted molar refractivity (Wildman–Crippen MR) is 72.2 cm³/mol. The molecule has 2 aromatic rings. The Hall–Kier alpha value is -1.30. The maximum atomic E-state index is 13.2. The first-order valence-corrected chi connectivity index (χ1v) is 6.24. The first-order valence-electron chi connectivity index (χ1n) is 5.45. The molecule has 94 valence electrons. The van der Waals surface area contributed by atoms with Crippen molar-refractivity contribution in [1.29, 1.82) is 0 Å². The summed E-state index contributed by atoms with van der Waals surface area (Å²) in [5, 5.41) is 0. The molecule has 0 aliphatic heterocycles. The minimum atomic E-state index is -0.375. The first kappa shape index (κ1) is 13.1. The van der Waals surface area contributed by atoms with E-state index in [0.717, 1.165) is 15.6 Å². The molecule has 1 unspecified atom stereocenters. The van der Waals surface area contributed by atoms with E-state index in [1.165, 1.54) is 12.3 Å². The average Bonchev–Trinajstić information content (AvgIpc) is 2.35. The molecule has 0 fully saturated rings. The fraction of sp³-hybridized carbons (Fsp3) is 0.154. The molecule has 18 heavy (non-hydrogen) atoms. The van der Waals surface area contributed by atoms with Crippen LogP contribution in [0.4, 0.5) is 4.39 Å². The van der Waals surface area contributed by atoms with Crippen molar-refractivity contribution in [3.63, 3.8) is 0 Å². The molecule has 0 aliphatic rings. The van der Waals surface area contributed by atoms with E-state index in [1.807, 2.05) is 25.1 Å². The normalized spacial score (nSPS) is 12.4. The number of halogens is 2. The molecular formula is C13H13BrFN3. The summed E-state index contributed by atoms with van der Waals surface area (Å²) in [7, 11) is 0. The van der Waals surface area contributed by atoms with Crippen molar-refractivity contribution in [3.05, 3.63) is 63.6 Å². The predicted octanol–water partition coefficient (Wildman–Crippen LogP) is 2.84. The van der Waals surface area contributed by atoms with Crippen LogP contribution >= 0.6 is 15.9 Å². The maximum absolute atomic E-state index is 13.2. The number of hydrogen-bond donors (Lipinski definition) is 2. The Bertz CT molecular complexity index is 560. The largest absolute Gasteiger partial charge is 0.271 e. The zero-order chi connectivity index (χ0) is 13.1. The molecule has 0 radical (unpaired) electrons. The minimum Gasteiger partial charge on any atom is -0.271 e. The zero-order valence-corrected chi connectivity index (χ0v) is 11.4. The molecular weight excluding hydrogens is 297 g/mol. The number of aromatic nitrogens is 1. The first-order chi connectivity index (χ1) is 8.63. The van der Waals surface area contributed by atoms with Gasteiger partial charge >= 0.3 is 0 Å². The third-order valence-corrected chi connectivity index (χ3v) is 3.71. The summed E-state index contributed by atoms with van der Waals surface area (Å²) in [6.45, 7) is 1.98. The highest BCUT2D eigenvalue weighted by atomic mass is 79.9. The van der Waals surface area contributed by atoms with Gasteiger partial charge in [-0.3, -0.25) is 10.8 Å². The molecule has 0 aliphatic carbocycles. The van der Waals surface area contributed by atoms with Crippen LogP contribution in [-0.2, 0) is 0 Å².